The van der Waals surface area contributed by atoms with Crippen molar-refractivity contribution in [2.24, 2.45) is 0 Å². The van der Waals surface area contributed by atoms with Crippen molar-refractivity contribution in [3.63, 3.8) is 0 Å². The van der Waals surface area contributed by atoms with Gasteiger partial charge >= 0.3 is 0 Å². The Balaban J connectivity index is 2.82. The summed E-state index contributed by atoms with van der Waals surface area (Å²) in [5.41, 5.74) is 6.70. The summed E-state index contributed by atoms with van der Waals surface area (Å²) >= 11 is 0. The molecule has 2 N–H and O–H groups in total. The number of rotatable bonds is 3. The topological polar surface area (TPSA) is 52.9 Å². The largest absolute Gasteiger partial charge is 0.393 e. The van der Waals surface area contributed by atoms with E-state index < -0.39 is 5.82 Å². The van der Waals surface area contributed by atoms with E-state index >= 15 is 0 Å². The minimum Gasteiger partial charge on any atom is -0.393 e. The molecule has 102 valence electrons. The molecule has 19 heavy (non-hydrogen) atoms. The zero-order valence-corrected chi connectivity index (χ0v) is 11.4. The van der Waals surface area contributed by atoms with Crippen LogP contribution < -0.4 is 11.3 Å². The number of halogens is 1. The minimum absolute atomic E-state index is 0.0978. The molecule has 0 fully saturated rings. The zero-order valence-electron chi connectivity index (χ0n) is 11.4. The number of nitrogens with two attached hydrogens (primary N) is 1. The Morgan fingerprint density at radius 3 is 2.47 bits per heavy atom. The summed E-state index contributed by atoms with van der Waals surface area (Å²) in [6.07, 6.45) is 0. The lowest BCUT2D eigenvalue weighted by Crippen LogP contribution is -2.23. The summed E-state index contributed by atoms with van der Waals surface area (Å²) in [4.78, 5) is 12.3. The van der Waals surface area contributed by atoms with E-state index in [0.717, 1.165) is 5.69 Å². The van der Waals surface area contributed by atoms with E-state index in [2.05, 4.69) is 0 Å². The van der Waals surface area contributed by atoms with Crippen LogP contribution in [0, 0.1) is 5.82 Å². The predicted molar refractivity (Wildman–Crippen MR) is 74.2 cm³/mol. The monoisotopic (exact) mass is 263 g/mol. The molecule has 0 atom stereocenters. The Labute approximate surface area is 111 Å². The van der Waals surface area contributed by atoms with Crippen LogP contribution in [0.25, 0.3) is 5.69 Å². The lowest BCUT2D eigenvalue weighted by atomic mass is 10.1. The third kappa shape index (κ3) is 2.05. The molecule has 0 radical (unpaired) electrons. The van der Waals surface area contributed by atoms with Gasteiger partial charge in [-0.2, -0.15) is 0 Å². The highest BCUT2D eigenvalue weighted by molar-refractivity contribution is 5.47. The van der Waals surface area contributed by atoms with Crippen molar-refractivity contribution in [2.75, 3.05) is 5.73 Å². The molecule has 0 spiro atoms. The molecule has 0 amide bonds. The second-order valence-corrected chi connectivity index (χ2v) is 4.74. The molecule has 5 heteroatoms. The van der Waals surface area contributed by atoms with Gasteiger partial charge in [-0.25, -0.2) is 9.07 Å². The molecule has 1 heterocycles. The second kappa shape index (κ2) is 4.91. The molecule has 2 rings (SSSR count). The van der Waals surface area contributed by atoms with Crippen LogP contribution in [0.1, 0.15) is 32.4 Å². The van der Waals surface area contributed by atoms with Gasteiger partial charge in [0.15, 0.2) is 0 Å². The van der Waals surface area contributed by atoms with E-state index in [1.54, 1.807) is 22.9 Å². The summed E-state index contributed by atoms with van der Waals surface area (Å²) in [5, 5.41) is 0. The number of hydrogen-bond acceptors (Lipinski definition) is 2. The van der Waals surface area contributed by atoms with Crippen LogP contribution >= 0.6 is 0 Å². The lowest BCUT2D eigenvalue weighted by Gasteiger charge is -2.15. The van der Waals surface area contributed by atoms with E-state index in [-0.39, 0.29) is 22.9 Å². The van der Waals surface area contributed by atoms with E-state index in [1.165, 1.54) is 10.7 Å². The summed E-state index contributed by atoms with van der Waals surface area (Å²) in [6.45, 7) is 6.38. The Kier molecular flexibility index (Phi) is 3.46. The first kappa shape index (κ1) is 13.4. The van der Waals surface area contributed by atoms with Crippen LogP contribution in [-0.2, 0) is 6.54 Å². The molecule has 1 aromatic carbocycles. The van der Waals surface area contributed by atoms with Gasteiger partial charge in [0.2, 0.25) is 0 Å². The van der Waals surface area contributed by atoms with Gasteiger partial charge in [0.05, 0.1) is 5.69 Å². The van der Waals surface area contributed by atoms with Crippen molar-refractivity contribution < 1.29 is 4.39 Å². The Morgan fingerprint density at radius 2 is 1.95 bits per heavy atom. The van der Waals surface area contributed by atoms with E-state index in [9.17, 15) is 9.18 Å². The van der Waals surface area contributed by atoms with Crippen LogP contribution in [0.4, 0.5) is 10.1 Å². The van der Waals surface area contributed by atoms with Crippen molar-refractivity contribution in [3.05, 3.63) is 46.1 Å². The minimum atomic E-state index is -0.438. The average molecular weight is 263 g/mol. The number of benzene rings is 1. The third-order valence-corrected chi connectivity index (χ3v) is 3.15. The molecule has 2 aromatic rings. The molecular formula is C14H18FN3O. The van der Waals surface area contributed by atoms with E-state index in [4.69, 9.17) is 5.73 Å². The Hall–Kier alpha value is -2.04. The van der Waals surface area contributed by atoms with Gasteiger partial charge in [-0.15, -0.1) is 0 Å². The van der Waals surface area contributed by atoms with Gasteiger partial charge in [-0.3, -0.25) is 9.48 Å². The number of aromatic nitrogens is 2. The third-order valence-electron chi connectivity index (χ3n) is 3.15. The first-order valence-corrected chi connectivity index (χ1v) is 6.35. The van der Waals surface area contributed by atoms with Crippen molar-refractivity contribution in [1.29, 1.82) is 0 Å². The highest BCUT2D eigenvalue weighted by Crippen LogP contribution is 2.22. The van der Waals surface area contributed by atoms with Gasteiger partial charge in [-0.1, -0.05) is 26.0 Å². The molecule has 0 aliphatic carbocycles. The zero-order chi connectivity index (χ0) is 14.2. The fourth-order valence-electron chi connectivity index (χ4n) is 2.36. The number of nitrogens with zero attached hydrogens (tertiary/aromatic N) is 2. The van der Waals surface area contributed by atoms with Crippen molar-refractivity contribution in [3.8, 4) is 5.69 Å². The number of hydrogen-bond donors (Lipinski definition) is 1. The highest BCUT2D eigenvalue weighted by atomic mass is 19.1. The summed E-state index contributed by atoms with van der Waals surface area (Å²) in [6, 6.07) is 6.20. The molecule has 1 aromatic heterocycles. The van der Waals surface area contributed by atoms with E-state index in [0.29, 0.717) is 6.54 Å². The number of nitrogen functional groups attached to an aromatic ring is 1. The maximum absolute atomic E-state index is 13.9. The average Bonchev–Trinajstić information content (AvgIpc) is 2.63. The van der Waals surface area contributed by atoms with Gasteiger partial charge in [0.1, 0.15) is 17.2 Å². The predicted octanol–water partition coefficient (Wildman–Crippen LogP) is 2.50. The Morgan fingerprint density at radius 1 is 1.32 bits per heavy atom. The SMILES string of the molecule is CCn1c(C(C)C)c(N)c(=O)n1-c1ccccc1F. The van der Waals surface area contributed by atoms with Gasteiger partial charge in [0, 0.05) is 6.54 Å². The molecule has 0 aliphatic heterocycles. The highest BCUT2D eigenvalue weighted by Gasteiger charge is 2.21. The maximum atomic E-state index is 13.9. The number of para-hydroxylation sites is 1. The molecular weight excluding hydrogens is 245 g/mol. The molecule has 0 bridgehead atoms. The normalized spacial score (nSPS) is 11.2. The molecule has 0 saturated carbocycles. The van der Waals surface area contributed by atoms with Crippen molar-refractivity contribution in [2.45, 2.75) is 33.2 Å². The van der Waals surface area contributed by atoms with Crippen LogP contribution in [0.2, 0.25) is 0 Å². The van der Waals surface area contributed by atoms with Crippen LogP contribution in [0.5, 0.6) is 0 Å². The van der Waals surface area contributed by atoms with Gasteiger partial charge < -0.3 is 5.73 Å². The van der Waals surface area contributed by atoms with Gasteiger partial charge in [-0.05, 0) is 25.0 Å². The lowest BCUT2D eigenvalue weighted by molar-refractivity contribution is 0.514. The quantitative estimate of drug-likeness (QED) is 0.925. The van der Waals surface area contributed by atoms with Crippen LogP contribution in [0.3, 0.4) is 0 Å². The fraction of sp³-hybridized carbons (Fsp3) is 0.357. The van der Waals surface area contributed by atoms with E-state index in [1.807, 2.05) is 20.8 Å². The standard InChI is InChI=1S/C14H18FN3O/c1-4-17-13(9(2)3)12(16)14(19)18(17)11-8-6-5-7-10(11)15/h5-9H,4,16H2,1-3H3. The van der Waals surface area contributed by atoms with Crippen molar-refractivity contribution >= 4 is 5.69 Å². The molecule has 4 nitrogen and oxygen atoms in total. The number of anilines is 1. The van der Waals surface area contributed by atoms with Crippen molar-refractivity contribution in [1.82, 2.24) is 9.36 Å². The summed E-state index contributed by atoms with van der Waals surface area (Å²) < 4.78 is 17.0. The Bertz CT molecular complexity index is 655. The molecule has 0 saturated heterocycles. The first-order valence-electron chi connectivity index (χ1n) is 6.35. The summed E-state index contributed by atoms with van der Waals surface area (Å²) in [5.74, 6) is -0.340. The second-order valence-electron chi connectivity index (χ2n) is 4.74. The fourth-order valence-corrected chi connectivity index (χ4v) is 2.36. The van der Waals surface area contributed by atoms with Crippen LogP contribution in [-0.4, -0.2) is 9.36 Å². The molecule has 0 unspecified atom stereocenters. The smallest absolute Gasteiger partial charge is 0.294 e. The van der Waals surface area contributed by atoms with Crippen LogP contribution in [0.15, 0.2) is 29.1 Å². The molecule has 0 aliphatic rings. The maximum Gasteiger partial charge on any atom is 0.294 e. The first-order chi connectivity index (χ1) is 8.99. The van der Waals surface area contributed by atoms with Gasteiger partial charge in [0.25, 0.3) is 5.56 Å². The summed E-state index contributed by atoms with van der Waals surface area (Å²) in [7, 11) is 0.